The SMILES string of the molecule is CC[C@@H](NC(=O)C1CCN(Cc2ccc(Br)cc2)CC1)c1ccc(OC)cc1. The van der Waals surface area contributed by atoms with E-state index in [1.807, 2.05) is 24.3 Å². The van der Waals surface area contributed by atoms with Crippen LogP contribution in [0.2, 0.25) is 0 Å². The van der Waals surface area contributed by atoms with E-state index in [0.29, 0.717) is 0 Å². The van der Waals surface area contributed by atoms with Gasteiger partial charge in [0.15, 0.2) is 0 Å². The van der Waals surface area contributed by atoms with Crippen LogP contribution in [0.5, 0.6) is 5.75 Å². The van der Waals surface area contributed by atoms with Gasteiger partial charge in [-0.15, -0.1) is 0 Å². The summed E-state index contributed by atoms with van der Waals surface area (Å²) in [7, 11) is 1.66. The minimum Gasteiger partial charge on any atom is -0.497 e. The van der Waals surface area contributed by atoms with Gasteiger partial charge in [-0.1, -0.05) is 47.1 Å². The van der Waals surface area contributed by atoms with Crippen molar-refractivity contribution in [1.82, 2.24) is 10.2 Å². The summed E-state index contributed by atoms with van der Waals surface area (Å²) in [6, 6.07) is 16.5. The first-order valence-electron chi connectivity index (χ1n) is 10.00. The van der Waals surface area contributed by atoms with Crippen molar-refractivity contribution >= 4 is 21.8 Å². The summed E-state index contributed by atoms with van der Waals surface area (Å²) in [5.74, 6) is 1.13. The first kappa shape index (κ1) is 20.9. The van der Waals surface area contributed by atoms with Crippen LogP contribution in [0, 0.1) is 5.92 Å². The Morgan fingerprint density at radius 3 is 2.36 bits per heavy atom. The maximum Gasteiger partial charge on any atom is 0.223 e. The molecule has 28 heavy (non-hydrogen) atoms. The molecule has 0 unspecified atom stereocenters. The average molecular weight is 445 g/mol. The second-order valence-corrected chi connectivity index (χ2v) is 8.34. The Labute approximate surface area is 176 Å². The molecule has 150 valence electrons. The minimum absolute atomic E-state index is 0.0548. The fourth-order valence-electron chi connectivity index (χ4n) is 3.75. The van der Waals surface area contributed by atoms with E-state index in [0.717, 1.165) is 54.7 Å². The molecule has 1 saturated heterocycles. The molecule has 0 aliphatic carbocycles. The standard InChI is InChI=1S/C23H29BrN2O2/c1-3-22(18-6-10-21(28-2)11-7-18)25-23(27)19-12-14-26(15-13-19)16-17-4-8-20(24)9-5-17/h4-11,19,22H,3,12-16H2,1-2H3,(H,25,27)/t22-/m1/s1. The largest absolute Gasteiger partial charge is 0.497 e. The Hall–Kier alpha value is -1.85. The smallest absolute Gasteiger partial charge is 0.223 e. The highest BCUT2D eigenvalue weighted by Gasteiger charge is 2.26. The zero-order chi connectivity index (χ0) is 19.9. The van der Waals surface area contributed by atoms with Gasteiger partial charge in [-0.25, -0.2) is 0 Å². The normalized spacial score (nSPS) is 16.5. The van der Waals surface area contributed by atoms with Crippen LogP contribution in [0.3, 0.4) is 0 Å². The highest BCUT2D eigenvalue weighted by molar-refractivity contribution is 9.10. The number of amides is 1. The summed E-state index contributed by atoms with van der Waals surface area (Å²) in [6.07, 6.45) is 2.71. The van der Waals surface area contributed by atoms with Gasteiger partial charge in [0.05, 0.1) is 13.2 Å². The van der Waals surface area contributed by atoms with Crippen molar-refractivity contribution in [2.75, 3.05) is 20.2 Å². The van der Waals surface area contributed by atoms with Gasteiger partial charge < -0.3 is 10.1 Å². The molecule has 0 saturated carbocycles. The monoisotopic (exact) mass is 444 g/mol. The highest BCUT2D eigenvalue weighted by Crippen LogP contribution is 2.24. The Kier molecular flexibility index (Phi) is 7.51. The molecule has 0 radical (unpaired) electrons. The number of carbonyl (C=O) groups is 1. The summed E-state index contributed by atoms with van der Waals surface area (Å²) in [4.78, 5) is 15.2. The van der Waals surface area contributed by atoms with E-state index in [2.05, 4.69) is 57.3 Å². The number of nitrogens with zero attached hydrogens (tertiary/aromatic N) is 1. The van der Waals surface area contributed by atoms with Gasteiger partial charge in [0.25, 0.3) is 0 Å². The van der Waals surface area contributed by atoms with Crippen LogP contribution in [0.4, 0.5) is 0 Å². The quantitative estimate of drug-likeness (QED) is 0.657. The van der Waals surface area contributed by atoms with E-state index >= 15 is 0 Å². The number of rotatable bonds is 7. The lowest BCUT2D eigenvalue weighted by Gasteiger charge is -2.32. The summed E-state index contributed by atoms with van der Waals surface area (Å²) in [6.45, 7) is 4.99. The molecule has 0 bridgehead atoms. The second-order valence-electron chi connectivity index (χ2n) is 7.42. The number of carbonyl (C=O) groups excluding carboxylic acids is 1. The van der Waals surface area contributed by atoms with Gasteiger partial charge in [0.2, 0.25) is 5.91 Å². The molecule has 1 N–H and O–H groups in total. The molecule has 1 amide bonds. The molecule has 0 aromatic heterocycles. The summed E-state index contributed by atoms with van der Waals surface area (Å²) in [5, 5.41) is 3.26. The first-order chi connectivity index (χ1) is 13.6. The molecule has 4 nitrogen and oxygen atoms in total. The van der Waals surface area contributed by atoms with Crippen molar-refractivity contribution in [2.45, 2.75) is 38.8 Å². The lowest BCUT2D eigenvalue weighted by atomic mass is 9.94. The van der Waals surface area contributed by atoms with Crippen LogP contribution < -0.4 is 10.1 Å². The third-order valence-corrected chi connectivity index (χ3v) is 6.05. The van der Waals surface area contributed by atoms with Crippen molar-refractivity contribution < 1.29 is 9.53 Å². The van der Waals surface area contributed by atoms with Crippen LogP contribution in [-0.2, 0) is 11.3 Å². The van der Waals surface area contributed by atoms with Crippen LogP contribution in [0.25, 0.3) is 0 Å². The first-order valence-corrected chi connectivity index (χ1v) is 10.8. The average Bonchev–Trinajstić information content (AvgIpc) is 2.74. The lowest BCUT2D eigenvalue weighted by Crippen LogP contribution is -2.41. The number of hydrogen-bond acceptors (Lipinski definition) is 3. The minimum atomic E-state index is 0.0548. The number of ether oxygens (including phenoxy) is 1. The predicted octanol–water partition coefficient (Wildman–Crippen LogP) is 4.94. The Morgan fingerprint density at radius 1 is 1.14 bits per heavy atom. The van der Waals surface area contributed by atoms with E-state index in [1.54, 1.807) is 7.11 Å². The molecular weight excluding hydrogens is 416 g/mol. The molecule has 3 rings (SSSR count). The maximum absolute atomic E-state index is 12.8. The zero-order valence-electron chi connectivity index (χ0n) is 16.7. The molecule has 2 aromatic carbocycles. The van der Waals surface area contributed by atoms with Gasteiger partial charge in [0, 0.05) is 16.9 Å². The fourth-order valence-corrected chi connectivity index (χ4v) is 4.01. The van der Waals surface area contributed by atoms with E-state index in [-0.39, 0.29) is 17.9 Å². The zero-order valence-corrected chi connectivity index (χ0v) is 18.2. The summed E-state index contributed by atoms with van der Waals surface area (Å²) >= 11 is 3.48. The number of benzene rings is 2. The van der Waals surface area contributed by atoms with Crippen molar-refractivity contribution in [3.05, 3.63) is 64.1 Å². The molecule has 5 heteroatoms. The Balaban J connectivity index is 1.50. The number of likely N-dealkylation sites (tertiary alicyclic amines) is 1. The van der Waals surface area contributed by atoms with Crippen LogP contribution >= 0.6 is 15.9 Å². The number of piperidine rings is 1. The van der Waals surface area contributed by atoms with Gasteiger partial charge in [-0.3, -0.25) is 9.69 Å². The number of hydrogen-bond donors (Lipinski definition) is 1. The molecule has 1 heterocycles. The van der Waals surface area contributed by atoms with Crippen molar-refractivity contribution in [1.29, 1.82) is 0 Å². The van der Waals surface area contributed by atoms with Crippen molar-refractivity contribution in [3.63, 3.8) is 0 Å². The third-order valence-electron chi connectivity index (χ3n) is 5.52. The van der Waals surface area contributed by atoms with Gasteiger partial charge >= 0.3 is 0 Å². The van der Waals surface area contributed by atoms with E-state index in [9.17, 15) is 4.79 Å². The summed E-state index contributed by atoms with van der Waals surface area (Å²) < 4.78 is 6.33. The molecule has 2 aromatic rings. The third kappa shape index (κ3) is 5.58. The van der Waals surface area contributed by atoms with Crippen molar-refractivity contribution in [3.8, 4) is 5.75 Å². The van der Waals surface area contributed by atoms with Crippen LogP contribution in [-0.4, -0.2) is 31.0 Å². The topological polar surface area (TPSA) is 41.6 Å². The van der Waals surface area contributed by atoms with Gasteiger partial charge in [-0.05, 0) is 67.7 Å². The highest BCUT2D eigenvalue weighted by atomic mass is 79.9. The second kappa shape index (κ2) is 10.1. The molecule has 1 fully saturated rings. The van der Waals surface area contributed by atoms with E-state index in [4.69, 9.17) is 4.74 Å². The molecule has 1 aliphatic heterocycles. The van der Waals surface area contributed by atoms with Crippen LogP contribution in [0.15, 0.2) is 53.0 Å². The molecule has 1 aliphatic rings. The Morgan fingerprint density at radius 2 is 1.79 bits per heavy atom. The number of nitrogens with one attached hydrogen (secondary N) is 1. The van der Waals surface area contributed by atoms with Crippen LogP contribution in [0.1, 0.15) is 43.4 Å². The Bertz CT molecular complexity index is 753. The molecule has 0 spiro atoms. The molecule has 1 atom stereocenters. The summed E-state index contributed by atoms with van der Waals surface area (Å²) in [5.41, 5.74) is 2.45. The van der Waals surface area contributed by atoms with E-state index < -0.39 is 0 Å². The predicted molar refractivity (Wildman–Crippen MR) is 116 cm³/mol. The van der Waals surface area contributed by atoms with E-state index in [1.165, 1.54) is 5.56 Å². The van der Waals surface area contributed by atoms with Gasteiger partial charge in [0.1, 0.15) is 5.75 Å². The fraction of sp³-hybridized carbons (Fsp3) is 0.435. The maximum atomic E-state index is 12.8. The number of methoxy groups -OCH3 is 1. The van der Waals surface area contributed by atoms with Gasteiger partial charge in [-0.2, -0.15) is 0 Å². The number of halogens is 1. The van der Waals surface area contributed by atoms with Crippen molar-refractivity contribution in [2.24, 2.45) is 5.92 Å². The lowest BCUT2D eigenvalue weighted by molar-refractivity contribution is -0.127. The molecular formula is C23H29BrN2O2.